The molecule has 0 aromatic rings. The fourth-order valence-corrected chi connectivity index (χ4v) is 3.96. The van der Waals surface area contributed by atoms with Crippen molar-refractivity contribution in [3.8, 4) is 0 Å². The van der Waals surface area contributed by atoms with Crippen LogP contribution in [0.25, 0.3) is 0 Å². The maximum Gasteiger partial charge on any atom is -0.0443 e. The third-order valence-corrected chi connectivity index (χ3v) is 5.89. The second-order valence-corrected chi connectivity index (χ2v) is 8.75. The third kappa shape index (κ3) is 22.0. The Morgan fingerprint density at radius 3 is 0.885 bits per heavy atom. The quantitative estimate of drug-likeness (QED) is 0.168. The van der Waals surface area contributed by atoms with E-state index < -0.39 is 0 Å². The van der Waals surface area contributed by atoms with E-state index in [1.54, 1.807) is 0 Å². The van der Waals surface area contributed by atoms with Gasteiger partial charge in [0, 0.05) is 0 Å². The van der Waals surface area contributed by atoms with Crippen LogP contribution in [0.4, 0.5) is 0 Å². The highest BCUT2D eigenvalue weighted by Crippen LogP contribution is 2.19. The van der Waals surface area contributed by atoms with E-state index in [1.807, 2.05) is 0 Å². The lowest BCUT2D eigenvalue weighted by Crippen LogP contribution is -1.95. The maximum atomic E-state index is 3.91. The van der Waals surface area contributed by atoms with Gasteiger partial charge < -0.3 is 0 Å². The molecule has 0 heterocycles. The first-order valence-corrected chi connectivity index (χ1v) is 12.4. The minimum atomic E-state index is 0.958. The van der Waals surface area contributed by atoms with Crippen LogP contribution >= 0.6 is 0 Å². The molecule has 156 valence electrons. The summed E-state index contributed by atoms with van der Waals surface area (Å²) in [6.45, 7) is 10.3. The molecule has 0 saturated carbocycles. The highest BCUT2D eigenvalue weighted by molar-refractivity contribution is 4.56. The Balaban J connectivity index is 3.12. The van der Waals surface area contributed by atoms with Crippen LogP contribution < -0.4 is 0 Å². The number of unbranched alkanes of at least 4 members (excludes halogenated alkanes) is 18. The SMILES string of the molecule is [CH2]CCCCCCCCCCCCC(C)CCCCCCCCCC[CH2]. The first-order valence-electron chi connectivity index (χ1n) is 12.4. The van der Waals surface area contributed by atoms with Crippen molar-refractivity contribution in [3.63, 3.8) is 0 Å². The Morgan fingerprint density at radius 2 is 0.615 bits per heavy atom. The van der Waals surface area contributed by atoms with Gasteiger partial charge in [-0.15, -0.1) is 0 Å². The molecule has 0 fully saturated rings. The van der Waals surface area contributed by atoms with Crippen molar-refractivity contribution in [2.75, 3.05) is 0 Å². The van der Waals surface area contributed by atoms with Gasteiger partial charge in [0.15, 0.2) is 0 Å². The summed E-state index contributed by atoms with van der Waals surface area (Å²) in [7, 11) is 0. The van der Waals surface area contributed by atoms with Gasteiger partial charge in [-0.3, -0.25) is 0 Å². The number of rotatable bonds is 22. The second kappa shape index (κ2) is 23.0. The zero-order chi connectivity index (χ0) is 19.1. The summed E-state index contributed by atoms with van der Waals surface area (Å²) >= 11 is 0. The molecule has 0 heteroatoms. The lowest BCUT2D eigenvalue weighted by Gasteiger charge is -2.11. The molecule has 0 aliphatic rings. The highest BCUT2D eigenvalue weighted by Gasteiger charge is 2.02. The monoisotopic (exact) mass is 364 g/mol. The Bertz CT molecular complexity index is 232. The largest absolute Gasteiger partial charge is 0.0625 e. The minimum absolute atomic E-state index is 0.958. The molecular weight excluding hydrogens is 312 g/mol. The van der Waals surface area contributed by atoms with Crippen LogP contribution in [-0.4, -0.2) is 0 Å². The van der Waals surface area contributed by atoms with Gasteiger partial charge in [0.25, 0.3) is 0 Å². The summed E-state index contributed by atoms with van der Waals surface area (Å²) in [6.07, 6.45) is 31.1. The van der Waals surface area contributed by atoms with Gasteiger partial charge in [0.05, 0.1) is 0 Å². The second-order valence-electron chi connectivity index (χ2n) is 8.75. The van der Waals surface area contributed by atoms with Crippen molar-refractivity contribution in [2.24, 2.45) is 5.92 Å². The summed E-state index contributed by atoms with van der Waals surface area (Å²) < 4.78 is 0. The van der Waals surface area contributed by atoms with E-state index >= 15 is 0 Å². The zero-order valence-electron chi connectivity index (χ0n) is 18.5. The van der Waals surface area contributed by atoms with Crippen LogP contribution in [0.15, 0.2) is 0 Å². The molecule has 0 nitrogen and oxygen atoms in total. The average molecular weight is 365 g/mol. The molecule has 0 bridgehead atoms. The van der Waals surface area contributed by atoms with Gasteiger partial charge in [-0.2, -0.15) is 0 Å². The fraction of sp³-hybridized carbons (Fsp3) is 0.923. The zero-order valence-corrected chi connectivity index (χ0v) is 18.5. The van der Waals surface area contributed by atoms with Crippen molar-refractivity contribution in [3.05, 3.63) is 13.8 Å². The molecule has 0 spiro atoms. The highest BCUT2D eigenvalue weighted by atomic mass is 14.1. The molecule has 26 heavy (non-hydrogen) atoms. The van der Waals surface area contributed by atoms with Crippen molar-refractivity contribution in [1.82, 2.24) is 0 Å². The predicted molar refractivity (Wildman–Crippen MR) is 121 cm³/mol. The van der Waals surface area contributed by atoms with E-state index in [2.05, 4.69) is 20.8 Å². The van der Waals surface area contributed by atoms with Crippen LogP contribution in [-0.2, 0) is 0 Å². The van der Waals surface area contributed by atoms with Crippen molar-refractivity contribution in [1.29, 1.82) is 0 Å². The Labute approximate surface area is 168 Å². The lowest BCUT2D eigenvalue weighted by atomic mass is 9.95. The van der Waals surface area contributed by atoms with E-state index in [0.29, 0.717) is 0 Å². The van der Waals surface area contributed by atoms with Gasteiger partial charge in [-0.05, 0) is 5.92 Å². The van der Waals surface area contributed by atoms with Crippen molar-refractivity contribution >= 4 is 0 Å². The van der Waals surface area contributed by atoms with Crippen LogP contribution in [0, 0.1) is 19.8 Å². The van der Waals surface area contributed by atoms with E-state index in [9.17, 15) is 0 Å². The number of hydrogen-bond acceptors (Lipinski definition) is 0. The van der Waals surface area contributed by atoms with Crippen LogP contribution in [0.1, 0.15) is 148 Å². The smallest absolute Gasteiger partial charge is 0.0443 e. The maximum absolute atomic E-state index is 3.91. The average Bonchev–Trinajstić information content (AvgIpc) is 2.64. The molecule has 1 unspecified atom stereocenters. The fourth-order valence-electron chi connectivity index (χ4n) is 3.96. The van der Waals surface area contributed by atoms with Crippen LogP contribution in [0.5, 0.6) is 0 Å². The number of hydrogen-bond donors (Lipinski definition) is 0. The molecule has 0 rings (SSSR count). The molecule has 0 aromatic carbocycles. The van der Waals surface area contributed by atoms with Gasteiger partial charge in [0.1, 0.15) is 0 Å². The van der Waals surface area contributed by atoms with E-state index in [0.717, 1.165) is 18.8 Å². The van der Waals surface area contributed by atoms with Gasteiger partial charge in [-0.1, -0.05) is 162 Å². The molecule has 0 saturated heterocycles. The summed E-state index contributed by atoms with van der Waals surface area (Å²) in [6, 6.07) is 0. The summed E-state index contributed by atoms with van der Waals surface area (Å²) in [5, 5.41) is 0. The Kier molecular flexibility index (Phi) is 23.0. The van der Waals surface area contributed by atoms with E-state index in [1.165, 1.54) is 128 Å². The van der Waals surface area contributed by atoms with Crippen molar-refractivity contribution < 1.29 is 0 Å². The lowest BCUT2D eigenvalue weighted by molar-refractivity contribution is 0.430. The van der Waals surface area contributed by atoms with E-state index in [4.69, 9.17) is 0 Å². The molecule has 1 atom stereocenters. The minimum Gasteiger partial charge on any atom is -0.0625 e. The molecule has 0 aliphatic carbocycles. The first-order chi connectivity index (χ1) is 12.8. The van der Waals surface area contributed by atoms with Crippen LogP contribution in [0.2, 0.25) is 0 Å². The standard InChI is InChI=1S/C26H52/c1-4-6-8-10-12-14-15-17-19-21-23-25-26(3)24-22-20-18-16-13-11-9-7-5-2/h26H,1-2,4-25H2,3H3. The van der Waals surface area contributed by atoms with Crippen molar-refractivity contribution in [2.45, 2.75) is 148 Å². The Morgan fingerprint density at radius 1 is 0.385 bits per heavy atom. The summed E-state index contributed by atoms with van der Waals surface area (Å²) in [4.78, 5) is 0. The van der Waals surface area contributed by atoms with Gasteiger partial charge >= 0.3 is 0 Å². The summed E-state index contributed by atoms with van der Waals surface area (Å²) in [5.41, 5.74) is 0. The van der Waals surface area contributed by atoms with Gasteiger partial charge in [0.2, 0.25) is 0 Å². The van der Waals surface area contributed by atoms with E-state index in [-0.39, 0.29) is 0 Å². The predicted octanol–water partition coefficient (Wildman–Crippen LogP) is 9.87. The first kappa shape index (κ1) is 26.0. The summed E-state index contributed by atoms with van der Waals surface area (Å²) in [5.74, 6) is 0.958. The third-order valence-electron chi connectivity index (χ3n) is 5.89. The molecule has 0 aromatic heterocycles. The Hall–Kier alpha value is 0. The molecule has 0 amide bonds. The molecular formula is C26H52. The van der Waals surface area contributed by atoms with Crippen LogP contribution in [0.3, 0.4) is 0 Å². The van der Waals surface area contributed by atoms with Gasteiger partial charge in [-0.25, -0.2) is 0 Å². The topological polar surface area (TPSA) is 0 Å². The normalized spacial score (nSPS) is 12.6. The molecule has 0 aliphatic heterocycles. The molecule has 0 N–H and O–H groups in total. The molecule has 2 radical (unpaired) electrons.